The number of nitrogens with one attached hydrogen (secondary N) is 1. The first-order valence-corrected chi connectivity index (χ1v) is 6.92. The van der Waals surface area contributed by atoms with Crippen LogP contribution < -0.4 is 11.3 Å². The number of nitrogens with two attached hydrogens (primary N) is 1. The van der Waals surface area contributed by atoms with E-state index < -0.39 is 12.6 Å². The second-order valence-electron chi connectivity index (χ2n) is 4.56. The van der Waals surface area contributed by atoms with Gasteiger partial charge in [-0.05, 0) is 42.5 Å². The van der Waals surface area contributed by atoms with Gasteiger partial charge in [-0.1, -0.05) is 0 Å². The second kappa shape index (κ2) is 6.07. The summed E-state index contributed by atoms with van der Waals surface area (Å²) in [6, 6.07) is 5.83. The Hall–Kier alpha value is -1.18. The number of alkyl halides is 3. The topological polar surface area (TPSA) is 38.0 Å². The predicted octanol–water partition coefficient (Wildman–Crippen LogP) is 4.28. The standard InChI is InChI=1S/C13H14F4N2S/c14-9-3-4-11-8(6-9)7-12(20-11)10(19-18)2-1-5-13(15,16)17/h3-4,6-7,10,19H,1-2,5,18H2. The van der Waals surface area contributed by atoms with E-state index in [1.807, 2.05) is 0 Å². The molecule has 0 saturated carbocycles. The van der Waals surface area contributed by atoms with E-state index in [1.165, 1.54) is 23.5 Å². The number of hydrogen-bond donors (Lipinski definition) is 2. The maximum Gasteiger partial charge on any atom is 0.389 e. The van der Waals surface area contributed by atoms with Gasteiger partial charge in [-0.25, -0.2) is 4.39 Å². The zero-order chi connectivity index (χ0) is 14.8. The summed E-state index contributed by atoms with van der Waals surface area (Å²) < 4.78 is 50.4. The smallest absolute Gasteiger partial charge is 0.271 e. The van der Waals surface area contributed by atoms with Gasteiger partial charge in [-0.3, -0.25) is 11.3 Å². The molecule has 1 aromatic carbocycles. The molecular weight excluding hydrogens is 292 g/mol. The van der Waals surface area contributed by atoms with Crippen molar-refractivity contribution in [3.63, 3.8) is 0 Å². The van der Waals surface area contributed by atoms with Crippen LogP contribution in [0.5, 0.6) is 0 Å². The van der Waals surface area contributed by atoms with E-state index in [0.717, 1.165) is 15.0 Å². The van der Waals surface area contributed by atoms with E-state index in [-0.39, 0.29) is 24.7 Å². The van der Waals surface area contributed by atoms with E-state index in [1.54, 1.807) is 12.1 Å². The fourth-order valence-corrected chi connectivity index (χ4v) is 3.16. The average Bonchev–Trinajstić information content (AvgIpc) is 2.75. The van der Waals surface area contributed by atoms with Crippen molar-refractivity contribution in [2.45, 2.75) is 31.5 Å². The molecule has 0 amide bonds. The van der Waals surface area contributed by atoms with Crippen molar-refractivity contribution in [1.29, 1.82) is 0 Å². The van der Waals surface area contributed by atoms with Gasteiger partial charge in [0.15, 0.2) is 0 Å². The molecule has 0 bridgehead atoms. The Bertz CT molecular complexity index is 579. The Kier molecular flexibility index (Phi) is 4.62. The number of hydrazine groups is 1. The van der Waals surface area contributed by atoms with Crippen LogP contribution in [0.4, 0.5) is 17.6 Å². The minimum atomic E-state index is -4.15. The van der Waals surface area contributed by atoms with Gasteiger partial charge in [-0.2, -0.15) is 13.2 Å². The molecule has 0 aliphatic rings. The summed E-state index contributed by atoms with van der Waals surface area (Å²) in [6.07, 6.45) is -4.70. The van der Waals surface area contributed by atoms with Crippen LogP contribution >= 0.6 is 11.3 Å². The molecule has 20 heavy (non-hydrogen) atoms. The van der Waals surface area contributed by atoms with E-state index in [0.29, 0.717) is 0 Å². The normalized spacial score (nSPS) is 13.8. The average molecular weight is 306 g/mol. The molecule has 0 radical (unpaired) electrons. The molecule has 2 rings (SSSR count). The Morgan fingerprint density at radius 3 is 2.65 bits per heavy atom. The largest absolute Gasteiger partial charge is 0.389 e. The fourth-order valence-electron chi connectivity index (χ4n) is 2.02. The van der Waals surface area contributed by atoms with Gasteiger partial charge in [0.25, 0.3) is 0 Å². The fraction of sp³-hybridized carbons (Fsp3) is 0.385. The maximum absolute atomic E-state index is 13.1. The van der Waals surface area contributed by atoms with Crippen LogP contribution in [-0.2, 0) is 0 Å². The minimum absolute atomic E-state index is 0.000965. The van der Waals surface area contributed by atoms with Crippen LogP contribution in [0.1, 0.15) is 30.2 Å². The SMILES string of the molecule is NNC(CCCC(F)(F)F)c1cc2cc(F)ccc2s1. The van der Waals surface area contributed by atoms with Crippen molar-refractivity contribution in [2.75, 3.05) is 0 Å². The van der Waals surface area contributed by atoms with Crippen LogP contribution in [0.2, 0.25) is 0 Å². The van der Waals surface area contributed by atoms with Gasteiger partial charge in [0, 0.05) is 16.0 Å². The van der Waals surface area contributed by atoms with Gasteiger partial charge < -0.3 is 0 Å². The van der Waals surface area contributed by atoms with Gasteiger partial charge in [0.05, 0.1) is 6.04 Å². The van der Waals surface area contributed by atoms with Gasteiger partial charge in [-0.15, -0.1) is 11.3 Å². The number of halogens is 4. The zero-order valence-electron chi connectivity index (χ0n) is 10.5. The quantitative estimate of drug-likeness (QED) is 0.491. The zero-order valence-corrected chi connectivity index (χ0v) is 11.3. The predicted molar refractivity (Wildman–Crippen MR) is 71.8 cm³/mol. The molecule has 3 N–H and O–H groups in total. The highest BCUT2D eigenvalue weighted by molar-refractivity contribution is 7.19. The Morgan fingerprint density at radius 1 is 1.25 bits per heavy atom. The monoisotopic (exact) mass is 306 g/mol. The first kappa shape index (κ1) is 15.2. The molecule has 1 heterocycles. The van der Waals surface area contributed by atoms with Crippen molar-refractivity contribution >= 4 is 21.4 Å². The summed E-state index contributed by atoms with van der Waals surface area (Å²) in [5.74, 6) is 5.07. The molecule has 0 spiro atoms. The van der Waals surface area contributed by atoms with E-state index in [9.17, 15) is 17.6 Å². The van der Waals surface area contributed by atoms with Crippen LogP contribution in [0.3, 0.4) is 0 Å². The Balaban J connectivity index is 2.09. The van der Waals surface area contributed by atoms with Gasteiger partial charge >= 0.3 is 6.18 Å². The van der Waals surface area contributed by atoms with E-state index in [4.69, 9.17) is 5.84 Å². The molecule has 7 heteroatoms. The number of rotatable bonds is 5. The highest BCUT2D eigenvalue weighted by Crippen LogP contribution is 2.33. The van der Waals surface area contributed by atoms with Crippen LogP contribution in [0.15, 0.2) is 24.3 Å². The molecule has 0 aliphatic heterocycles. The van der Waals surface area contributed by atoms with Crippen molar-refractivity contribution < 1.29 is 17.6 Å². The number of benzene rings is 1. The van der Waals surface area contributed by atoms with Crippen LogP contribution in [0, 0.1) is 5.82 Å². The number of thiophene rings is 1. The molecule has 2 nitrogen and oxygen atoms in total. The first-order valence-electron chi connectivity index (χ1n) is 6.11. The lowest BCUT2D eigenvalue weighted by Gasteiger charge is -2.14. The Morgan fingerprint density at radius 2 is 2.00 bits per heavy atom. The number of fused-ring (bicyclic) bond motifs is 1. The molecular formula is C13H14F4N2S. The lowest BCUT2D eigenvalue weighted by molar-refractivity contribution is -0.135. The second-order valence-corrected chi connectivity index (χ2v) is 5.67. The van der Waals surface area contributed by atoms with Crippen LogP contribution in [-0.4, -0.2) is 6.18 Å². The molecule has 1 unspecified atom stereocenters. The highest BCUT2D eigenvalue weighted by Gasteiger charge is 2.27. The summed E-state index contributed by atoms with van der Waals surface area (Å²) in [4.78, 5) is 0.815. The molecule has 2 aromatic rings. The molecule has 0 aliphatic carbocycles. The number of hydrogen-bond acceptors (Lipinski definition) is 3. The lowest BCUT2D eigenvalue weighted by atomic mass is 10.1. The maximum atomic E-state index is 13.1. The molecule has 1 aromatic heterocycles. The first-order chi connectivity index (χ1) is 9.39. The Labute approximate surface area is 117 Å². The van der Waals surface area contributed by atoms with Gasteiger partial charge in [0.1, 0.15) is 5.82 Å². The summed E-state index contributed by atoms with van der Waals surface area (Å²) in [6.45, 7) is 0. The van der Waals surface area contributed by atoms with Crippen molar-refractivity contribution in [1.82, 2.24) is 5.43 Å². The summed E-state index contributed by atoms with van der Waals surface area (Å²) in [7, 11) is 0. The van der Waals surface area contributed by atoms with Crippen LogP contribution in [0.25, 0.3) is 10.1 Å². The minimum Gasteiger partial charge on any atom is -0.271 e. The summed E-state index contributed by atoms with van der Waals surface area (Å²) in [5, 5.41) is 0.737. The summed E-state index contributed by atoms with van der Waals surface area (Å²) in [5.41, 5.74) is 2.53. The summed E-state index contributed by atoms with van der Waals surface area (Å²) >= 11 is 1.41. The highest BCUT2D eigenvalue weighted by atomic mass is 32.1. The third-order valence-electron chi connectivity index (χ3n) is 3.00. The van der Waals surface area contributed by atoms with Crippen molar-refractivity contribution in [3.05, 3.63) is 35.0 Å². The molecule has 0 saturated heterocycles. The van der Waals surface area contributed by atoms with Crippen molar-refractivity contribution in [2.24, 2.45) is 5.84 Å². The molecule has 110 valence electrons. The third kappa shape index (κ3) is 3.91. The molecule has 0 fully saturated rings. The lowest BCUT2D eigenvalue weighted by Crippen LogP contribution is -2.27. The van der Waals surface area contributed by atoms with E-state index in [2.05, 4.69) is 5.43 Å². The van der Waals surface area contributed by atoms with E-state index >= 15 is 0 Å². The molecule has 1 atom stereocenters. The van der Waals surface area contributed by atoms with Crippen molar-refractivity contribution in [3.8, 4) is 0 Å². The third-order valence-corrected chi connectivity index (χ3v) is 4.22. The van der Waals surface area contributed by atoms with Gasteiger partial charge in [0.2, 0.25) is 0 Å².